The summed E-state index contributed by atoms with van der Waals surface area (Å²) < 4.78 is 0. The van der Waals surface area contributed by atoms with Gasteiger partial charge in [0.2, 0.25) is 11.7 Å². The molecule has 2 rings (SSSR count). The summed E-state index contributed by atoms with van der Waals surface area (Å²) in [6.07, 6.45) is 0. The van der Waals surface area contributed by atoms with E-state index in [0.29, 0.717) is 5.82 Å². The highest BCUT2D eigenvalue weighted by atomic mass is 16.2. The van der Waals surface area contributed by atoms with Crippen LogP contribution in [0.2, 0.25) is 0 Å². The van der Waals surface area contributed by atoms with Gasteiger partial charge in [-0.2, -0.15) is 10.1 Å². The van der Waals surface area contributed by atoms with Gasteiger partial charge in [0.1, 0.15) is 12.1 Å². The number of hydrogen-bond donors (Lipinski definition) is 1. The minimum atomic E-state index is -0.919. The number of carbonyl (C=O) groups is 1. The summed E-state index contributed by atoms with van der Waals surface area (Å²) in [5, 5.41) is 24.0. The van der Waals surface area contributed by atoms with Crippen LogP contribution in [-0.4, -0.2) is 31.7 Å². The molecule has 120 valence electrons. The molecule has 7 nitrogen and oxygen atoms in total. The molecule has 0 saturated carbocycles. The topological polar surface area (TPSA) is 96.5 Å². The Bertz CT molecular complexity index is 728. The van der Waals surface area contributed by atoms with Crippen LogP contribution in [0.1, 0.15) is 26.3 Å². The van der Waals surface area contributed by atoms with Crippen LogP contribution in [0.25, 0.3) is 11.4 Å². The van der Waals surface area contributed by atoms with Crippen LogP contribution in [0.3, 0.4) is 0 Å². The van der Waals surface area contributed by atoms with Crippen molar-refractivity contribution in [3.63, 3.8) is 0 Å². The van der Waals surface area contributed by atoms with E-state index in [2.05, 4.69) is 26.8 Å². The van der Waals surface area contributed by atoms with Crippen LogP contribution in [-0.2, 0) is 11.3 Å². The Morgan fingerprint density at radius 2 is 2.04 bits per heavy atom. The number of benzene rings is 1. The van der Waals surface area contributed by atoms with Gasteiger partial charge < -0.3 is 5.32 Å². The molecule has 1 N–H and O–H groups in total. The van der Waals surface area contributed by atoms with Crippen LogP contribution in [0.15, 0.2) is 24.3 Å². The summed E-state index contributed by atoms with van der Waals surface area (Å²) in [5.41, 5.74) is 1.06. The molecule has 1 amide bonds. The molecule has 0 fully saturated rings. The third-order valence-electron chi connectivity index (χ3n) is 3.83. The molecule has 0 bridgehead atoms. The van der Waals surface area contributed by atoms with E-state index < -0.39 is 5.54 Å². The average molecular weight is 312 g/mol. The Hall–Kier alpha value is -2.75. The summed E-state index contributed by atoms with van der Waals surface area (Å²) in [5.74, 6) is 0.128. The van der Waals surface area contributed by atoms with Crippen LogP contribution in [0, 0.1) is 24.2 Å². The van der Waals surface area contributed by atoms with E-state index in [-0.39, 0.29) is 18.4 Å². The number of aryl methyl sites for hydroxylation is 1. The second kappa shape index (κ2) is 6.57. The van der Waals surface area contributed by atoms with Crippen molar-refractivity contribution in [2.45, 2.75) is 39.8 Å². The molecule has 1 heterocycles. The molecule has 0 aliphatic rings. The van der Waals surface area contributed by atoms with Crippen molar-refractivity contribution in [3.05, 3.63) is 29.8 Å². The van der Waals surface area contributed by atoms with E-state index in [9.17, 15) is 10.1 Å². The molecule has 0 radical (unpaired) electrons. The van der Waals surface area contributed by atoms with E-state index in [1.807, 2.05) is 45.0 Å². The number of nitrogens with zero attached hydrogens (tertiary/aromatic N) is 5. The molecule has 23 heavy (non-hydrogen) atoms. The Morgan fingerprint density at radius 3 is 2.61 bits per heavy atom. The summed E-state index contributed by atoms with van der Waals surface area (Å²) in [4.78, 5) is 13.3. The van der Waals surface area contributed by atoms with Crippen LogP contribution >= 0.6 is 0 Å². The minimum Gasteiger partial charge on any atom is -0.336 e. The van der Waals surface area contributed by atoms with Crippen LogP contribution < -0.4 is 5.32 Å². The van der Waals surface area contributed by atoms with Gasteiger partial charge in [0, 0.05) is 5.56 Å². The number of hydrogen-bond acceptors (Lipinski definition) is 5. The number of tetrazole rings is 1. The van der Waals surface area contributed by atoms with E-state index in [0.717, 1.165) is 11.1 Å². The monoisotopic (exact) mass is 312 g/mol. The summed E-state index contributed by atoms with van der Waals surface area (Å²) in [7, 11) is 0. The zero-order valence-electron chi connectivity index (χ0n) is 13.7. The smallest absolute Gasteiger partial charge is 0.244 e. The largest absolute Gasteiger partial charge is 0.336 e. The number of amides is 1. The number of aromatic nitrogens is 4. The van der Waals surface area contributed by atoms with Gasteiger partial charge in [-0.1, -0.05) is 43.7 Å². The predicted octanol–water partition coefficient (Wildman–Crippen LogP) is 1.70. The molecule has 0 unspecified atom stereocenters. The molecule has 0 aliphatic carbocycles. The lowest BCUT2D eigenvalue weighted by molar-refractivity contribution is -0.123. The van der Waals surface area contributed by atoms with Gasteiger partial charge in [0.25, 0.3) is 0 Å². The van der Waals surface area contributed by atoms with Crippen molar-refractivity contribution in [3.8, 4) is 17.5 Å². The number of carbonyl (C=O) groups excluding carboxylic acids is 1. The maximum absolute atomic E-state index is 12.1. The highest BCUT2D eigenvalue weighted by Crippen LogP contribution is 2.15. The normalized spacial score (nSPS) is 13.4. The average Bonchev–Trinajstić information content (AvgIpc) is 2.95. The zero-order chi connectivity index (χ0) is 17.0. The van der Waals surface area contributed by atoms with E-state index in [1.54, 1.807) is 6.92 Å². The highest BCUT2D eigenvalue weighted by Gasteiger charge is 2.30. The summed E-state index contributed by atoms with van der Waals surface area (Å²) >= 11 is 0. The standard InChI is InChI=1S/C16H20N6O/c1-11(2)16(4,10-17)18-14(23)9-22-20-15(19-21-22)13-7-5-12(3)6-8-13/h5-8,11H,9H2,1-4H3,(H,18,23)/t16-/m0/s1. The first-order valence-electron chi connectivity index (χ1n) is 7.41. The molecule has 1 aromatic carbocycles. The van der Waals surface area contributed by atoms with Gasteiger partial charge in [-0.05, 0) is 25.0 Å². The first kappa shape index (κ1) is 16.6. The maximum atomic E-state index is 12.1. The molecular weight excluding hydrogens is 292 g/mol. The lowest BCUT2D eigenvalue weighted by Crippen LogP contribution is -2.50. The maximum Gasteiger partial charge on any atom is 0.244 e. The quantitative estimate of drug-likeness (QED) is 0.906. The molecule has 1 atom stereocenters. The van der Waals surface area contributed by atoms with Crippen LogP contribution in [0.5, 0.6) is 0 Å². The summed E-state index contributed by atoms with van der Waals surface area (Å²) in [6, 6.07) is 9.87. The number of nitrogens with one attached hydrogen (secondary N) is 1. The van der Waals surface area contributed by atoms with Crippen molar-refractivity contribution in [1.82, 2.24) is 25.5 Å². The van der Waals surface area contributed by atoms with Crippen molar-refractivity contribution in [2.24, 2.45) is 5.92 Å². The molecule has 7 heteroatoms. The van der Waals surface area contributed by atoms with Gasteiger partial charge in [-0.15, -0.1) is 10.2 Å². The first-order chi connectivity index (χ1) is 10.8. The fourth-order valence-corrected chi connectivity index (χ4v) is 1.89. The Labute approximate surface area is 135 Å². The lowest BCUT2D eigenvalue weighted by atomic mass is 9.90. The minimum absolute atomic E-state index is 0.0109. The molecule has 2 aromatic rings. The number of nitriles is 1. The molecule has 0 aliphatic heterocycles. The second-order valence-corrected chi connectivity index (χ2v) is 6.03. The van der Waals surface area contributed by atoms with E-state index in [1.165, 1.54) is 4.80 Å². The third-order valence-corrected chi connectivity index (χ3v) is 3.83. The van der Waals surface area contributed by atoms with Gasteiger partial charge in [-0.3, -0.25) is 4.79 Å². The van der Waals surface area contributed by atoms with Crippen LogP contribution in [0.4, 0.5) is 0 Å². The molecular formula is C16H20N6O. The van der Waals surface area contributed by atoms with Crippen molar-refractivity contribution < 1.29 is 4.79 Å². The fourth-order valence-electron chi connectivity index (χ4n) is 1.89. The third kappa shape index (κ3) is 3.92. The van der Waals surface area contributed by atoms with Gasteiger partial charge >= 0.3 is 0 Å². The van der Waals surface area contributed by atoms with E-state index in [4.69, 9.17) is 0 Å². The van der Waals surface area contributed by atoms with Crippen molar-refractivity contribution >= 4 is 5.91 Å². The zero-order valence-corrected chi connectivity index (χ0v) is 13.7. The number of rotatable bonds is 5. The molecule has 0 spiro atoms. The second-order valence-electron chi connectivity index (χ2n) is 6.03. The highest BCUT2D eigenvalue weighted by molar-refractivity contribution is 5.77. The summed E-state index contributed by atoms with van der Waals surface area (Å²) in [6.45, 7) is 7.38. The Morgan fingerprint density at radius 1 is 1.39 bits per heavy atom. The Kier molecular flexibility index (Phi) is 4.74. The predicted molar refractivity (Wildman–Crippen MR) is 85.0 cm³/mol. The van der Waals surface area contributed by atoms with E-state index >= 15 is 0 Å². The van der Waals surface area contributed by atoms with Crippen molar-refractivity contribution in [2.75, 3.05) is 0 Å². The molecule has 0 saturated heterocycles. The van der Waals surface area contributed by atoms with Gasteiger partial charge in [0.05, 0.1) is 6.07 Å². The van der Waals surface area contributed by atoms with Crippen molar-refractivity contribution in [1.29, 1.82) is 5.26 Å². The fraction of sp³-hybridized carbons (Fsp3) is 0.438. The van der Waals surface area contributed by atoms with Gasteiger partial charge in [-0.25, -0.2) is 0 Å². The lowest BCUT2D eigenvalue weighted by Gasteiger charge is -2.27. The first-order valence-corrected chi connectivity index (χ1v) is 7.41. The van der Waals surface area contributed by atoms with Gasteiger partial charge in [0.15, 0.2) is 0 Å². The SMILES string of the molecule is Cc1ccc(-c2nnn(CC(=O)N[C@@](C)(C#N)C(C)C)n2)cc1. The Balaban J connectivity index is 2.06. The molecule has 1 aromatic heterocycles.